The molecule has 4 nitrogen and oxygen atoms in total. The van der Waals surface area contributed by atoms with Gasteiger partial charge in [0.05, 0.1) is 11.7 Å². The van der Waals surface area contributed by atoms with Crippen molar-refractivity contribution in [3.63, 3.8) is 0 Å². The Hall–Kier alpha value is -2.62. The molecule has 0 saturated heterocycles. The van der Waals surface area contributed by atoms with E-state index in [-0.39, 0.29) is 17.9 Å². The normalized spacial score (nSPS) is 13.7. The number of pyridine rings is 1. The highest BCUT2D eigenvalue weighted by Crippen LogP contribution is 2.21. The number of aromatic amines is 1. The minimum Gasteiger partial charge on any atom is -0.361 e. The monoisotopic (exact) mass is 307 g/mol. The molecule has 0 saturated carbocycles. The van der Waals surface area contributed by atoms with Gasteiger partial charge in [-0.1, -0.05) is 31.2 Å². The van der Waals surface area contributed by atoms with Gasteiger partial charge in [0.25, 0.3) is 0 Å². The molecular weight excluding hydrogens is 286 g/mol. The van der Waals surface area contributed by atoms with Gasteiger partial charge in [-0.15, -0.1) is 0 Å². The van der Waals surface area contributed by atoms with Crippen LogP contribution in [0.4, 0.5) is 0 Å². The molecule has 118 valence electrons. The second kappa shape index (κ2) is 6.65. The van der Waals surface area contributed by atoms with Crippen molar-refractivity contribution >= 4 is 16.8 Å². The van der Waals surface area contributed by atoms with Crippen molar-refractivity contribution in [2.75, 3.05) is 0 Å². The van der Waals surface area contributed by atoms with Gasteiger partial charge in [-0.25, -0.2) is 0 Å². The van der Waals surface area contributed by atoms with Gasteiger partial charge < -0.3 is 10.3 Å². The maximum atomic E-state index is 12.4. The number of benzene rings is 1. The Bertz CT molecular complexity index is 794. The number of carbonyl (C=O) groups excluding carboxylic acids is 1. The molecule has 23 heavy (non-hydrogen) atoms. The lowest BCUT2D eigenvalue weighted by Gasteiger charge is -2.17. The third-order valence-electron chi connectivity index (χ3n) is 4.14. The number of para-hydroxylation sites is 1. The standard InChI is InChI=1S/C19H21N3O/c1-13(11-15-12-21-18-9-4-3-7-16(15)18)19(23)22-14(2)17-8-5-6-10-20-17/h3-10,12-14,21H,11H2,1-2H3,(H,22,23). The van der Waals surface area contributed by atoms with Gasteiger partial charge in [0.1, 0.15) is 0 Å². The molecule has 2 heterocycles. The predicted molar refractivity (Wildman–Crippen MR) is 92.0 cm³/mol. The summed E-state index contributed by atoms with van der Waals surface area (Å²) in [5, 5.41) is 4.23. The van der Waals surface area contributed by atoms with E-state index < -0.39 is 0 Å². The first kappa shape index (κ1) is 15.3. The second-order valence-corrected chi connectivity index (χ2v) is 5.95. The van der Waals surface area contributed by atoms with Gasteiger partial charge in [-0.2, -0.15) is 0 Å². The molecule has 1 aromatic carbocycles. The molecule has 0 fully saturated rings. The largest absolute Gasteiger partial charge is 0.361 e. The number of H-pyrrole nitrogens is 1. The first-order valence-corrected chi connectivity index (χ1v) is 7.91. The van der Waals surface area contributed by atoms with Crippen molar-refractivity contribution < 1.29 is 4.79 Å². The van der Waals surface area contributed by atoms with E-state index in [1.165, 1.54) is 10.9 Å². The predicted octanol–water partition coefficient (Wildman–Crippen LogP) is 3.62. The fraction of sp³-hybridized carbons (Fsp3) is 0.263. The van der Waals surface area contributed by atoms with Crippen molar-refractivity contribution in [3.05, 3.63) is 66.1 Å². The Labute approximate surface area is 136 Å². The Kier molecular flexibility index (Phi) is 4.42. The smallest absolute Gasteiger partial charge is 0.223 e. The van der Waals surface area contributed by atoms with E-state index in [9.17, 15) is 4.79 Å². The van der Waals surface area contributed by atoms with Gasteiger partial charge in [-0.3, -0.25) is 9.78 Å². The van der Waals surface area contributed by atoms with E-state index in [1.807, 2.05) is 56.4 Å². The maximum Gasteiger partial charge on any atom is 0.223 e. The van der Waals surface area contributed by atoms with Crippen molar-refractivity contribution in [1.82, 2.24) is 15.3 Å². The van der Waals surface area contributed by atoms with Crippen molar-refractivity contribution in [2.45, 2.75) is 26.3 Å². The molecule has 2 atom stereocenters. The molecule has 4 heteroatoms. The van der Waals surface area contributed by atoms with Gasteiger partial charge in [-0.05, 0) is 37.1 Å². The lowest BCUT2D eigenvalue weighted by molar-refractivity contribution is -0.125. The van der Waals surface area contributed by atoms with Crippen LogP contribution in [-0.2, 0) is 11.2 Å². The van der Waals surface area contributed by atoms with Crippen molar-refractivity contribution in [1.29, 1.82) is 0 Å². The number of hydrogen-bond donors (Lipinski definition) is 2. The summed E-state index contributed by atoms with van der Waals surface area (Å²) in [6.07, 6.45) is 4.45. The number of fused-ring (bicyclic) bond motifs is 1. The van der Waals surface area contributed by atoms with Crippen LogP contribution in [0, 0.1) is 5.92 Å². The first-order chi connectivity index (χ1) is 11.1. The zero-order valence-electron chi connectivity index (χ0n) is 13.4. The number of carbonyl (C=O) groups is 1. The molecule has 1 amide bonds. The molecule has 2 aromatic heterocycles. The van der Waals surface area contributed by atoms with Crippen LogP contribution in [0.5, 0.6) is 0 Å². The zero-order chi connectivity index (χ0) is 16.2. The lowest BCUT2D eigenvalue weighted by atomic mass is 9.99. The number of nitrogens with zero attached hydrogens (tertiary/aromatic N) is 1. The molecule has 0 radical (unpaired) electrons. The highest BCUT2D eigenvalue weighted by atomic mass is 16.1. The van der Waals surface area contributed by atoms with E-state index in [1.54, 1.807) is 6.20 Å². The van der Waals surface area contributed by atoms with Gasteiger partial charge >= 0.3 is 0 Å². The third-order valence-corrected chi connectivity index (χ3v) is 4.14. The van der Waals surface area contributed by atoms with E-state index in [2.05, 4.69) is 21.4 Å². The van der Waals surface area contributed by atoms with E-state index in [4.69, 9.17) is 0 Å². The summed E-state index contributed by atoms with van der Waals surface area (Å²) in [4.78, 5) is 20.0. The van der Waals surface area contributed by atoms with Crippen LogP contribution in [0.3, 0.4) is 0 Å². The third kappa shape index (κ3) is 3.42. The molecule has 2 N–H and O–H groups in total. The summed E-state index contributed by atoms with van der Waals surface area (Å²) in [6, 6.07) is 13.8. The van der Waals surface area contributed by atoms with Crippen molar-refractivity contribution in [2.24, 2.45) is 5.92 Å². The summed E-state index contributed by atoms with van der Waals surface area (Å²) in [5.74, 6) is -0.0474. The van der Waals surface area contributed by atoms with Crippen LogP contribution < -0.4 is 5.32 Å². The quantitative estimate of drug-likeness (QED) is 0.756. The summed E-state index contributed by atoms with van der Waals surface area (Å²) >= 11 is 0. The zero-order valence-corrected chi connectivity index (χ0v) is 13.4. The molecule has 0 bridgehead atoms. The first-order valence-electron chi connectivity index (χ1n) is 7.91. The number of aromatic nitrogens is 2. The average molecular weight is 307 g/mol. The van der Waals surface area contributed by atoms with E-state index in [0.29, 0.717) is 6.42 Å². The second-order valence-electron chi connectivity index (χ2n) is 5.95. The fourth-order valence-corrected chi connectivity index (χ4v) is 2.78. The minimum atomic E-state index is -0.0969. The number of amides is 1. The SMILES string of the molecule is CC(Cc1c[nH]c2ccccc12)C(=O)NC(C)c1ccccn1. The topological polar surface area (TPSA) is 57.8 Å². The Morgan fingerprint density at radius 1 is 1.17 bits per heavy atom. The molecular formula is C19H21N3O. The van der Waals surface area contributed by atoms with Crippen LogP contribution in [0.15, 0.2) is 54.9 Å². The Morgan fingerprint density at radius 3 is 2.74 bits per heavy atom. The molecule has 3 rings (SSSR count). The molecule has 0 aliphatic rings. The van der Waals surface area contributed by atoms with Crippen LogP contribution in [0.2, 0.25) is 0 Å². The van der Waals surface area contributed by atoms with Crippen LogP contribution in [-0.4, -0.2) is 15.9 Å². The van der Waals surface area contributed by atoms with Gasteiger partial charge in [0.15, 0.2) is 0 Å². The number of hydrogen-bond acceptors (Lipinski definition) is 2. The average Bonchev–Trinajstić information content (AvgIpc) is 2.98. The van der Waals surface area contributed by atoms with E-state index >= 15 is 0 Å². The number of nitrogens with one attached hydrogen (secondary N) is 2. The molecule has 3 aromatic rings. The maximum absolute atomic E-state index is 12.4. The van der Waals surface area contributed by atoms with Crippen LogP contribution in [0.25, 0.3) is 10.9 Å². The summed E-state index contributed by atoms with van der Waals surface area (Å²) < 4.78 is 0. The highest BCUT2D eigenvalue weighted by molar-refractivity contribution is 5.84. The van der Waals surface area contributed by atoms with Crippen LogP contribution in [0.1, 0.15) is 31.1 Å². The molecule has 0 spiro atoms. The fourth-order valence-electron chi connectivity index (χ4n) is 2.78. The molecule has 2 unspecified atom stereocenters. The van der Waals surface area contributed by atoms with E-state index in [0.717, 1.165) is 11.2 Å². The summed E-state index contributed by atoms with van der Waals surface area (Å²) in [7, 11) is 0. The molecule has 0 aliphatic heterocycles. The van der Waals surface area contributed by atoms with Crippen molar-refractivity contribution in [3.8, 4) is 0 Å². The Morgan fingerprint density at radius 2 is 1.96 bits per heavy atom. The lowest BCUT2D eigenvalue weighted by Crippen LogP contribution is -2.32. The minimum absolute atomic E-state index is 0.0495. The molecule has 0 aliphatic carbocycles. The highest BCUT2D eigenvalue weighted by Gasteiger charge is 2.18. The van der Waals surface area contributed by atoms with Crippen LogP contribution >= 0.6 is 0 Å². The van der Waals surface area contributed by atoms with Gasteiger partial charge in [0, 0.05) is 29.2 Å². The number of rotatable bonds is 5. The summed E-state index contributed by atoms with van der Waals surface area (Å²) in [5.41, 5.74) is 3.16. The van der Waals surface area contributed by atoms with Gasteiger partial charge in [0.2, 0.25) is 5.91 Å². The Balaban J connectivity index is 1.66. The summed E-state index contributed by atoms with van der Waals surface area (Å²) in [6.45, 7) is 3.92.